The second kappa shape index (κ2) is 7.61. The summed E-state index contributed by atoms with van der Waals surface area (Å²) in [6.07, 6.45) is 0.657. The third-order valence-corrected chi connectivity index (χ3v) is 4.03. The highest BCUT2D eigenvalue weighted by atomic mass is 32.2. The molecule has 0 amide bonds. The molecule has 0 saturated carbocycles. The maximum atomic E-state index is 13.3. The third-order valence-electron chi connectivity index (χ3n) is 3.04. The normalized spacial score (nSPS) is 11.7. The molecule has 0 spiro atoms. The molecule has 22 heavy (non-hydrogen) atoms. The zero-order valence-electron chi connectivity index (χ0n) is 12.1. The van der Waals surface area contributed by atoms with E-state index in [-0.39, 0.29) is 11.5 Å². The lowest BCUT2D eigenvalue weighted by Crippen LogP contribution is -2.09. The van der Waals surface area contributed by atoms with E-state index in [0.717, 1.165) is 16.5 Å². The number of hydrogen-bond donors (Lipinski definition) is 2. The number of allylic oxidation sites excluding steroid dienone is 1. The zero-order valence-corrected chi connectivity index (χ0v) is 12.9. The number of nitrogens with one attached hydrogen (secondary N) is 2. The Morgan fingerprint density at radius 3 is 2.77 bits per heavy atom. The molecule has 4 nitrogen and oxygen atoms in total. The molecule has 6 heteroatoms. The van der Waals surface area contributed by atoms with Crippen LogP contribution in [0, 0.1) is 5.82 Å². The van der Waals surface area contributed by atoms with Crippen LogP contribution in [0.25, 0.3) is 10.8 Å². The fraction of sp³-hybridized carbons (Fsp3) is 0.125. The number of rotatable bonds is 7. The molecule has 0 saturated heterocycles. The molecule has 0 heterocycles. The summed E-state index contributed by atoms with van der Waals surface area (Å²) < 4.78 is 13.3. The van der Waals surface area contributed by atoms with Crippen molar-refractivity contribution in [3.63, 3.8) is 0 Å². The van der Waals surface area contributed by atoms with Gasteiger partial charge in [0.1, 0.15) is 11.5 Å². The second-order valence-electron chi connectivity index (χ2n) is 4.41. The summed E-state index contributed by atoms with van der Waals surface area (Å²) >= 11 is 1.40. The summed E-state index contributed by atoms with van der Waals surface area (Å²) in [5, 5.41) is 8.59. The summed E-state index contributed by atoms with van der Waals surface area (Å²) in [5.41, 5.74) is 1.15. The standard InChI is InChI=1S/C16H16FN3OS/c1-18-15(9-21)16(19-2)22-10-20-14-6-4-11-3-5-13(17)7-12(11)8-14/h3-9,19-20H,1,10H2,2H3/b16-15-. The van der Waals surface area contributed by atoms with Crippen molar-refractivity contribution in [2.75, 3.05) is 18.2 Å². The number of benzene rings is 2. The maximum absolute atomic E-state index is 13.3. The minimum absolute atomic E-state index is 0.257. The molecular weight excluding hydrogens is 301 g/mol. The van der Waals surface area contributed by atoms with Crippen molar-refractivity contribution in [2.24, 2.45) is 4.99 Å². The Morgan fingerprint density at radius 1 is 1.32 bits per heavy atom. The molecule has 0 unspecified atom stereocenters. The van der Waals surface area contributed by atoms with Crippen molar-refractivity contribution in [3.8, 4) is 0 Å². The van der Waals surface area contributed by atoms with Crippen LogP contribution in [0.15, 0.2) is 52.1 Å². The number of aldehydes is 1. The molecule has 2 rings (SSSR count). The van der Waals surface area contributed by atoms with Crippen molar-refractivity contribution in [3.05, 3.63) is 52.9 Å². The van der Waals surface area contributed by atoms with Gasteiger partial charge >= 0.3 is 0 Å². The van der Waals surface area contributed by atoms with E-state index in [1.807, 2.05) is 18.2 Å². The molecule has 0 atom stereocenters. The summed E-state index contributed by atoms with van der Waals surface area (Å²) in [4.78, 5) is 14.5. The molecule has 0 aliphatic heterocycles. The predicted octanol–water partition coefficient (Wildman–Crippen LogP) is 3.37. The largest absolute Gasteiger partial charge is 0.381 e. The van der Waals surface area contributed by atoms with E-state index >= 15 is 0 Å². The summed E-state index contributed by atoms with van der Waals surface area (Å²) in [5.74, 6) is 0.274. The van der Waals surface area contributed by atoms with Crippen molar-refractivity contribution in [2.45, 2.75) is 0 Å². The first-order valence-electron chi connectivity index (χ1n) is 6.58. The molecule has 0 bridgehead atoms. The number of carbonyl (C=O) groups is 1. The van der Waals surface area contributed by atoms with Crippen LogP contribution in [0.2, 0.25) is 0 Å². The van der Waals surface area contributed by atoms with E-state index in [1.54, 1.807) is 13.1 Å². The number of anilines is 1. The van der Waals surface area contributed by atoms with Crippen LogP contribution in [0.5, 0.6) is 0 Å². The van der Waals surface area contributed by atoms with Gasteiger partial charge in [0.05, 0.1) is 10.9 Å². The van der Waals surface area contributed by atoms with Gasteiger partial charge in [-0.25, -0.2) is 4.39 Å². The molecule has 0 fully saturated rings. The van der Waals surface area contributed by atoms with Crippen LogP contribution in [0.1, 0.15) is 0 Å². The molecule has 0 aliphatic carbocycles. The van der Waals surface area contributed by atoms with Gasteiger partial charge in [0.25, 0.3) is 0 Å². The Morgan fingerprint density at radius 2 is 2.09 bits per heavy atom. The monoisotopic (exact) mass is 317 g/mol. The zero-order chi connectivity index (χ0) is 15.9. The SMILES string of the molecule is C=N/C(C=O)=C(/NC)SCNc1ccc2ccc(F)cc2c1. The quantitative estimate of drug-likeness (QED) is 0.356. The average molecular weight is 317 g/mol. The Balaban J connectivity index is 2.07. The minimum Gasteiger partial charge on any atom is -0.381 e. The number of fused-ring (bicyclic) bond motifs is 1. The number of carbonyl (C=O) groups excluding carboxylic acids is 1. The van der Waals surface area contributed by atoms with Crippen LogP contribution in [-0.2, 0) is 4.79 Å². The first-order chi connectivity index (χ1) is 10.7. The van der Waals surface area contributed by atoms with E-state index in [2.05, 4.69) is 22.3 Å². The van der Waals surface area contributed by atoms with E-state index in [1.165, 1.54) is 23.9 Å². The Hall–Kier alpha value is -2.34. The van der Waals surface area contributed by atoms with E-state index in [4.69, 9.17) is 0 Å². The fourth-order valence-corrected chi connectivity index (χ4v) is 2.74. The van der Waals surface area contributed by atoms with Crippen molar-refractivity contribution in [1.82, 2.24) is 5.32 Å². The summed E-state index contributed by atoms with van der Waals surface area (Å²) in [7, 11) is 1.72. The average Bonchev–Trinajstić information content (AvgIpc) is 2.54. The lowest BCUT2D eigenvalue weighted by molar-refractivity contribution is -0.104. The maximum Gasteiger partial charge on any atom is 0.171 e. The van der Waals surface area contributed by atoms with Gasteiger partial charge in [-0.05, 0) is 41.8 Å². The summed E-state index contributed by atoms with van der Waals surface area (Å²) in [6.45, 7) is 3.36. The highest BCUT2D eigenvalue weighted by Crippen LogP contribution is 2.22. The van der Waals surface area contributed by atoms with E-state index in [0.29, 0.717) is 17.2 Å². The molecule has 0 aliphatic rings. The van der Waals surface area contributed by atoms with Crippen molar-refractivity contribution in [1.29, 1.82) is 0 Å². The molecule has 2 N–H and O–H groups in total. The van der Waals surface area contributed by atoms with E-state index < -0.39 is 0 Å². The minimum atomic E-state index is -0.257. The van der Waals surface area contributed by atoms with Gasteiger partial charge in [-0.15, -0.1) is 0 Å². The van der Waals surface area contributed by atoms with Gasteiger partial charge < -0.3 is 10.6 Å². The topological polar surface area (TPSA) is 53.5 Å². The van der Waals surface area contributed by atoms with Crippen LogP contribution >= 0.6 is 11.8 Å². The van der Waals surface area contributed by atoms with Crippen molar-refractivity contribution < 1.29 is 9.18 Å². The Labute approximate surface area is 132 Å². The highest BCUT2D eigenvalue weighted by Gasteiger charge is 2.04. The van der Waals surface area contributed by atoms with Gasteiger partial charge in [-0.1, -0.05) is 23.9 Å². The highest BCUT2D eigenvalue weighted by molar-refractivity contribution is 8.03. The predicted molar refractivity (Wildman–Crippen MR) is 91.7 cm³/mol. The van der Waals surface area contributed by atoms with Gasteiger partial charge in [-0.3, -0.25) is 9.79 Å². The Kier molecular flexibility index (Phi) is 5.55. The third kappa shape index (κ3) is 3.85. The van der Waals surface area contributed by atoms with Crippen LogP contribution in [-0.4, -0.2) is 25.9 Å². The van der Waals surface area contributed by atoms with Gasteiger partial charge in [-0.2, -0.15) is 0 Å². The second-order valence-corrected chi connectivity index (χ2v) is 5.40. The molecule has 0 radical (unpaired) electrons. The lowest BCUT2D eigenvalue weighted by Gasteiger charge is -2.10. The van der Waals surface area contributed by atoms with Crippen LogP contribution in [0.4, 0.5) is 10.1 Å². The first kappa shape index (κ1) is 16.0. The number of thioether (sulfide) groups is 1. The number of aliphatic imine (C=N–C) groups is 1. The van der Waals surface area contributed by atoms with Crippen LogP contribution < -0.4 is 10.6 Å². The first-order valence-corrected chi connectivity index (χ1v) is 7.56. The smallest absolute Gasteiger partial charge is 0.171 e. The number of hydrogen-bond acceptors (Lipinski definition) is 5. The molecular formula is C16H16FN3OS. The number of halogens is 1. The lowest BCUT2D eigenvalue weighted by atomic mass is 10.1. The van der Waals surface area contributed by atoms with Gasteiger partial charge in [0.2, 0.25) is 0 Å². The molecule has 2 aromatic carbocycles. The molecule has 0 aromatic heterocycles. The Bertz CT molecular complexity index is 720. The molecule has 114 valence electrons. The van der Waals surface area contributed by atoms with Gasteiger partial charge in [0.15, 0.2) is 6.29 Å². The molecule has 2 aromatic rings. The van der Waals surface area contributed by atoms with E-state index in [9.17, 15) is 9.18 Å². The van der Waals surface area contributed by atoms with Gasteiger partial charge in [0, 0.05) is 12.7 Å². The number of nitrogens with zero attached hydrogens (tertiary/aromatic N) is 1. The van der Waals surface area contributed by atoms with Crippen molar-refractivity contribution >= 4 is 41.2 Å². The fourth-order valence-electron chi connectivity index (χ4n) is 1.96. The van der Waals surface area contributed by atoms with Crippen LogP contribution in [0.3, 0.4) is 0 Å². The summed E-state index contributed by atoms with van der Waals surface area (Å²) in [6, 6.07) is 10.4.